The summed E-state index contributed by atoms with van der Waals surface area (Å²) in [5.74, 6) is 0. The maximum absolute atomic E-state index is 14.4. The van der Waals surface area contributed by atoms with Gasteiger partial charge in [-0.15, -0.1) is 0 Å². The first-order valence-corrected chi connectivity index (χ1v) is 17.6. The van der Waals surface area contributed by atoms with Gasteiger partial charge < -0.3 is 0 Å². The van der Waals surface area contributed by atoms with Crippen molar-refractivity contribution in [1.29, 1.82) is 0 Å². The SMILES string of the molecule is O=c1n(-c2ccc(-c3c4ccccc4c(-c4ccc5ccccc5c4)c4ccccc34)cc2)c2ccccc2n1-c1cccc(-c2ccccc2)c1. The van der Waals surface area contributed by atoms with Crippen molar-refractivity contribution in [3.63, 3.8) is 0 Å². The fourth-order valence-electron chi connectivity index (χ4n) is 7.98. The minimum atomic E-state index is -0.102. The number of imidazole rings is 1. The van der Waals surface area contributed by atoms with Crippen LogP contribution in [0, 0.1) is 0 Å². The molecule has 1 aromatic heterocycles. The zero-order valence-electron chi connectivity index (χ0n) is 28.3. The lowest BCUT2D eigenvalue weighted by Crippen LogP contribution is -2.22. The van der Waals surface area contributed by atoms with Gasteiger partial charge in [-0.2, -0.15) is 0 Å². The molecule has 9 aromatic carbocycles. The average molecular weight is 665 g/mol. The Morgan fingerprint density at radius 1 is 0.308 bits per heavy atom. The van der Waals surface area contributed by atoms with Crippen molar-refractivity contribution in [2.45, 2.75) is 0 Å². The molecule has 0 unspecified atom stereocenters. The highest BCUT2D eigenvalue weighted by Gasteiger charge is 2.19. The van der Waals surface area contributed by atoms with E-state index >= 15 is 0 Å². The molecule has 0 aliphatic heterocycles. The summed E-state index contributed by atoms with van der Waals surface area (Å²) in [7, 11) is 0. The molecule has 10 aromatic rings. The Labute approximate surface area is 300 Å². The second-order valence-corrected chi connectivity index (χ2v) is 13.3. The van der Waals surface area contributed by atoms with Crippen LogP contribution in [-0.2, 0) is 0 Å². The van der Waals surface area contributed by atoms with Crippen LogP contribution in [0.1, 0.15) is 0 Å². The molecule has 0 amide bonds. The Morgan fingerprint density at radius 2 is 0.808 bits per heavy atom. The number of hydrogen-bond acceptors (Lipinski definition) is 1. The summed E-state index contributed by atoms with van der Waals surface area (Å²) in [6.45, 7) is 0. The topological polar surface area (TPSA) is 26.9 Å². The first kappa shape index (κ1) is 29.9. The third kappa shape index (κ3) is 4.79. The monoisotopic (exact) mass is 664 g/mol. The molecule has 0 spiro atoms. The lowest BCUT2D eigenvalue weighted by atomic mass is 9.85. The summed E-state index contributed by atoms with van der Waals surface area (Å²) in [5.41, 5.74) is 10.2. The Balaban J connectivity index is 1.13. The van der Waals surface area contributed by atoms with E-state index in [1.54, 1.807) is 0 Å². The van der Waals surface area contributed by atoms with E-state index in [-0.39, 0.29) is 5.69 Å². The molecule has 1 heterocycles. The molecule has 244 valence electrons. The number of para-hydroxylation sites is 2. The molecule has 0 saturated carbocycles. The van der Waals surface area contributed by atoms with Gasteiger partial charge in [0.1, 0.15) is 0 Å². The van der Waals surface area contributed by atoms with Crippen LogP contribution in [0.15, 0.2) is 199 Å². The van der Waals surface area contributed by atoms with Crippen molar-refractivity contribution < 1.29 is 0 Å². The second kappa shape index (κ2) is 12.1. The molecule has 10 rings (SSSR count). The van der Waals surface area contributed by atoms with Crippen molar-refractivity contribution in [3.05, 3.63) is 205 Å². The van der Waals surface area contributed by atoms with E-state index in [1.165, 1.54) is 49.0 Å². The molecule has 52 heavy (non-hydrogen) atoms. The summed E-state index contributed by atoms with van der Waals surface area (Å²) >= 11 is 0. The maximum Gasteiger partial charge on any atom is 0.338 e. The Bertz CT molecular complexity index is 2970. The van der Waals surface area contributed by atoms with E-state index in [0.29, 0.717) is 0 Å². The van der Waals surface area contributed by atoms with Crippen LogP contribution in [0.3, 0.4) is 0 Å². The minimum absolute atomic E-state index is 0.102. The lowest BCUT2D eigenvalue weighted by molar-refractivity contribution is 0.931. The highest BCUT2D eigenvalue weighted by Crippen LogP contribution is 2.44. The zero-order valence-corrected chi connectivity index (χ0v) is 28.3. The average Bonchev–Trinajstić information content (AvgIpc) is 3.51. The van der Waals surface area contributed by atoms with Gasteiger partial charge in [0, 0.05) is 0 Å². The van der Waals surface area contributed by atoms with Gasteiger partial charge in [0.05, 0.1) is 22.4 Å². The summed E-state index contributed by atoms with van der Waals surface area (Å²) in [6.07, 6.45) is 0. The molecule has 3 heteroatoms. The van der Waals surface area contributed by atoms with Crippen molar-refractivity contribution in [1.82, 2.24) is 9.13 Å². The molecule has 0 aliphatic rings. The van der Waals surface area contributed by atoms with Gasteiger partial charge >= 0.3 is 5.69 Å². The predicted molar refractivity (Wildman–Crippen MR) is 218 cm³/mol. The molecule has 0 saturated heterocycles. The standard InChI is InChI=1S/C49H32N2O/c52-49-50(45-23-10-11-24-46(45)51(49)40-18-12-17-37(32-40)33-13-2-1-3-14-33)39-29-27-35(28-30-39)47-41-19-6-8-21-43(41)48(44-22-9-7-20-42(44)47)38-26-25-34-15-4-5-16-36(34)31-38/h1-32H. The zero-order chi connectivity index (χ0) is 34.6. The molecule has 0 bridgehead atoms. The summed E-state index contributed by atoms with van der Waals surface area (Å²) < 4.78 is 3.65. The van der Waals surface area contributed by atoms with Crippen LogP contribution in [0.25, 0.3) is 88.1 Å². The van der Waals surface area contributed by atoms with Crippen molar-refractivity contribution in [3.8, 4) is 44.8 Å². The number of fused-ring (bicyclic) bond motifs is 4. The summed E-state index contributed by atoms with van der Waals surface area (Å²) in [4.78, 5) is 14.4. The Kier molecular flexibility index (Phi) is 6.97. The third-order valence-corrected chi connectivity index (χ3v) is 10.3. The van der Waals surface area contributed by atoms with Crippen LogP contribution in [0.2, 0.25) is 0 Å². The van der Waals surface area contributed by atoms with Crippen molar-refractivity contribution in [2.75, 3.05) is 0 Å². The molecule has 3 nitrogen and oxygen atoms in total. The minimum Gasteiger partial charge on any atom is -0.260 e. The maximum atomic E-state index is 14.4. The number of aromatic nitrogens is 2. The van der Waals surface area contributed by atoms with Gasteiger partial charge in [0.25, 0.3) is 0 Å². The van der Waals surface area contributed by atoms with E-state index in [0.717, 1.165) is 39.1 Å². The highest BCUT2D eigenvalue weighted by atomic mass is 16.1. The molecule has 0 fully saturated rings. The van der Waals surface area contributed by atoms with E-state index < -0.39 is 0 Å². The van der Waals surface area contributed by atoms with E-state index in [4.69, 9.17) is 0 Å². The largest absolute Gasteiger partial charge is 0.338 e. The van der Waals surface area contributed by atoms with Gasteiger partial charge in [-0.05, 0) is 108 Å². The normalized spacial score (nSPS) is 11.5. The van der Waals surface area contributed by atoms with Crippen LogP contribution < -0.4 is 5.69 Å². The first-order chi connectivity index (χ1) is 25.7. The van der Waals surface area contributed by atoms with E-state index in [9.17, 15) is 4.79 Å². The van der Waals surface area contributed by atoms with E-state index in [1.807, 2.05) is 63.7 Å². The van der Waals surface area contributed by atoms with Crippen LogP contribution in [-0.4, -0.2) is 9.13 Å². The van der Waals surface area contributed by atoms with Gasteiger partial charge in [0.2, 0.25) is 0 Å². The van der Waals surface area contributed by atoms with Crippen LogP contribution >= 0.6 is 0 Å². The van der Waals surface area contributed by atoms with Crippen molar-refractivity contribution in [2.24, 2.45) is 0 Å². The summed E-state index contributed by atoms with van der Waals surface area (Å²) in [5, 5.41) is 7.29. The molecule has 0 aliphatic carbocycles. The summed E-state index contributed by atoms with van der Waals surface area (Å²) in [6, 6.07) is 67.8. The highest BCUT2D eigenvalue weighted by molar-refractivity contribution is 6.21. The Hall–Kier alpha value is -6.97. The van der Waals surface area contributed by atoms with Gasteiger partial charge in [-0.3, -0.25) is 9.13 Å². The second-order valence-electron chi connectivity index (χ2n) is 13.3. The molecular formula is C49H32N2O. The van der Waals surface area contributed by atoms with Crippen LogP contribution in [0.5, 0.6) is 0 Å². The van der Waals surface area contributed by atoms with E-state index in [2.05, 4.69) is 140 Å². The smallest absolute Gasteiger partial charge is 0.260 e. The first-order valence-electron chi connectivity index (χ1n) is 17.6. The fraction of sp³-hybridized carbons (Fsp3) is 0. The van der Waals surface area contributed by atoms with Gasteiger partial charge in [-0.1, -0.05) is 152 Å². The number of hydrogen-bond donors (Lipinski definition) is 0. The van der Waals surface area contributed by atoms with Gasteiger partial charge in [0.15, 0.2) is 0 Å². The predicted octanol–water partition coefficient (Wildman–Crippen LogP) is 12.2. The molecular weight excluding hydrogens is 633 g/mol. The molecule has 0 radical (unpaired) electrons. The number of benzene rings is 9. The third-order valence-electron chi connectivity index (χ3n) is 10.3. The van der Waals surface area contributed by atoms with Gasteiger partial charge in [-0.25, -0.2) is 4.79 Å². The lowest BCUT2D eigenvalue weighted by Gasteiger charge is -2.18. The van der Waals surface area contributed by atoms with Crippen molar-refractivity contribution >= 4 is 43.4 Å². The quantitative estimate of drug-likeness (QED) is 0.168. The Morgan fingerprint density at radius 3 is 1.46 bits per heavy atom. The molecule has 0 N–H and O–H groups in total. The number of rotatable bonds is 5. The number of nitrogens with zero attached hydrogens (tertiary/aromatic N) is 2. The van der Waals surface area contributed by atoms with Crippen LogP contribution in [0.4, 0.5) is 0 Å². The molecule has 0 atom stereocenters. The fourth-order valence-corrected chi connectivity index (χ4v) is 7.98.